The lowest BCUT2D eigenvalue weighted by Gasteiger charge is -2.38. The molecule has 3 unspecified atom stereocenters. The van der Waals surface area contributed by atoms with Gasteiger partial charge in [0.05, 0.1) is 11.0 Å². The summed E-state index contributed by atoms with van der Waals surface area (Å²) in [7, 11) is -3.22. The maximum Gasteiger partial charge on any atom is 0.415 e. The van der Waals surface area contributed by atoms with Crippen LogP contribution in [-0.4, -0.2) is 60.8 Å². The minimum absolute atomic E-state index is 0.0287. The molecule has 0 aromatic rings. The molecule has 0 aromatic heterocycles. The monoisotopic (exact) mass is 275 g/mol. The Morgan fingerprint density at radius 1 is 1.41 bits per heavy atom. The van der Waals surface area contributed by atoms with E-state index in [2.05, 4.69) is 0 Å². The first kappa shape index (κ1) is 14.7. The smallest absolute Gasteiger partial charge is 0.382 e. The zero-order valence-corrected chi connectivity index (χ0v) is 10.4. The lowest BCUT2D eigenvalue weighted by molar-refractivity contribution is -0.209. The third-order valence-electron chi connectivity index (χ3n) is 3.27. The summed E-state index contributed by atoms with van der Waals surface area (Å²) in [6, 6.07) is -0.522. The quantitative estimate of drug-likeness (QED) is 0.793. The van der Waals surface area contributed by atoms with Gasteiger partial charge >= 0.3 is 6.18 Å². The third kappa shape index (κ3) is 3.32. The lowest BCUT2D eigenvalue weighted by Crippen LogP contribution is -2.55. The molecule has 1 rings (SSSR count). The Morgan fingerprint density at radius 2 is 1.94 bits per heavy atom. The highest BCUT2D eigenvalue weighted by molar-refractivity contribution is 7.92. The molecule has 1 N–H and O–H groups in total. The highest BCUT2D eigenvalue weighted by atomic mass is 32.2. The normalized spacial score (nSPS) is 32.4. The van der Waals surface area contributed by atoms with Gasteiger partial charge in [0.15, 0.2) is 15.9 Å². The van der Waals surface area contributed by atoms with Gasteiger partial charge in [0.1, 0.15) is 0 Å². The molecule has 1 fully saturated rings. The van der Waals surface area contributed by atoms with Crippen LogP contribution in [0.5, 0.6) is 0 Å². The van der Waals surface area contributed by atoms with Crippen molar-refractivity contribution in [3.63, 3.8) is 0 Å². The molecule has 3 atom stereocenters. The molecule has 0 amide bonds. The van der Waals surface area contributed by atoms with E-state index in [9.17, 15) is 21.6 Å². The predicted molar refractivity (Wildman–Crippen MR) is 56.3 cm³/mol. The second kappa shape index (κ2) is 4.74. The summed E-state index contributed by atoms with van der Waals surface area (Å²) in [4.78, 5) is 1.36. The average molecular weight is 275 g/mol. The second-order valence-corrected chi connectivity index (χ2v) is 6.84. The largest absolute Gasteiger partial charge is 0.415 e. The van der Waals surface area contributed by atoms with Gasteiger partial charge in [0.25, 0.3) is 0 Å². The molecule has 0 aliphatic carbocycles. The zero-order valence-electron chi connectivity index (χ0n) is 9.61. The molecular weight excluding hydrogens is 259 g/mol. The van der Waals surface area contributed by atoms with Crippen LogP contribution in [0, 0.1) is 0 Å². The van der Waals surface area contributed by atoms with Gasteiger partial charge in [-0.2, -0.15) is 13.2 Å². The van der Waals surface area contributed by atoms with Crippen molar-refractivity contribution in [1.82, 2.24) is 4.90 Å². The molecule has 1 aliphatic heterocycles. The van der Waals surface area contributed by atoms with E-state index in [1.807, 2.05) is 0 Å². The fourth-order valence-electron chi connectivity index (χ4n) is 1.81. The van der Waals surface area contributed by atoms with E-state index in [-0.39, 0.29) is 12.3 Å². The van der Waals surface area contributed by atoms with Crippen LogP contribution in [0.2, 0.25) is 0 Å². The fourth-order valence-corrected chi connectivity index (χ4v) is 3.45. The molecule has 0 saturated carbocycles. The number of halogens is 3. The lowest BCUT2D eigenvalue weighted by atomic mass is 10.2. The minimum atomic E-state index is -4.67. The number of rotatable bonds is 2. The van der Waals surface area contributed by atoms with Crippen LogP contribution < -0.4 is 0 Å². The molecule has 0 radical (unpaired) electrons. The van der Waals surface area contributed by atoms with E-state index in [0.717, 1.165) is 0 Å². The van der Waals surface area contributed by atoms with Crippen LogP contribution in [0.4, 0.5) is 13.2 Å². The maximum absolute atomic E-state index is 12.2. The van der Waals surface area contributed by atoms with Crippen molar-refractivity contribution in [3.05, 3.63) is 0 Å². The standard InChI is InChI=1S/C9H16F3NO3S/c1-6-7(2)17(15,16)4-3-13(6)5-8(14)9(10,11)12/h6-8,14H,3-5H2,1-2H3. The molecule has 102 valence electrons. The second-order valence-electron chi connectivity index (χ2n) is 4.37. The number of β-amino-alcohol motifs (C(OH)–C–C–N with tert-alkyl or cyclic N) is 1. The molecule has 1 heterocycles. The highest BCUT2D eigenvalue weighted by Gasteiger charge is 2.43. The first-order valence-corrected chi connectivity index (χ1v) is 6.97. The number of hydrogen-bond acceptors (Lipinski definition) is 4. The number of sulfone groups is 1. The summed E-state index contributed by atoms with van der Waals surface area (Å²) in [6.45, 7) is 2.49. The molecule has 8 heteroatoms. The van der Waals surface area contributed by atoms with E-state index < -0.39 is 40.0 Å². The maximum atomic E-state index is 12.2. The number of nitrogens with zero attached hydrogens (tertiary/aromatic N) is 1. The van der Waals surface area contributed by atoms with Gasteiger partial charge in [-0.1, -0.05) is 0 Å². The van der Waals surface area contributed by atoms with Crippen LogP contribution in [-0.2, 0) is 9.84 Å². The fraction of sp³-hybridized carbons (Fsp3) is 1.00. The molecule has 1 aliphatic rings. The Kier molecular flexibility index (Phi) is 4.10. The van der Waals surface area contributed by atoms with Crippen LogP contribution in [0.15, 0.2) is 0 Å². The van der Waals surface area contributed by atoms with Crippen LogP contribution in [0.1, 0.15) is 13.8 Å². The summed E-state index contributed by atoms with van der Waals surface area (Å²) < 4.78 is 59.6. The molecule has 0 aromatic carbocycles. The molecule has 4 nitrogen and oxygen atoms in total. The summed E-state index contributed by atoms with van der Waals surface area (Å²) in [5.74, 6) is -0.164. The first-order valence-electron chi connectivity index (χ1n) is 5.26. The van der Waals surface area contributed by atoms with Crippen LogP contribution in [0.25, 0.3) is 0 Å². The Labute approximate surface area is 98.3 Å². The Morgan fingerprint density at radius 3 is 2.41 bits per heavy atom. The van der Waals surface area contributed by atoms with E-state index in [0.29, 0.717) is 0 Å². The van der Waals surface area contributed by atoms with Crippen molar-refractivity contribution in [3.8, 4) is 0 Å². The third-order valence-corrected chi connectivity index (χ3v) is 5.55. The Bertz CT molecular complexity index is 368. The van der Waals surface area contributed by atoms with Gasteiger partial charge < -0.3 is 5.11 Å². The summed E-state index contributed by atoms with van der Waals surface area (Å²) >= 11 is 0. The van der Waals surface area contributed by atoms with Crippen molar-refractivity contribution >= 4 is 9.84 Å². The average Bonchev–Trinajstić information content (AvgIpc) is 2.18. The highest BCUT2D eigenvalue weighted by Crippen LogP contribution is 2.24. The van der Waals surface area contributed by atoms with E-state index >= 15 is 0 Å². The predicted octanol–water partition coefficient (Wildman–Crippen LogP) is 0.417. The number of aliphatic hydroxyl groups is 1. The molecule has 17 heavy (non-hydrogen) atoms. The van der Waals surface area contributed by atoms with E-state index in [4.69, 9.17) is 5.11 Å². The topological polar surface area (TPSA) is 57.6 Å². The Balaban J connectivity index is 2.70. The molecule has 1 saturated heterocycles. The van der Waals surface area contributed by atoms with Gasteiger partial charge in [-0.05, 0) is 13.8 Å². The van der Waals surface area contributed by atoms with Gasteiger partial charge in [-0.3, -0.25) is 4.90 Å². The van der Waals surface area contributed by atoms with Crippen LogP contribution in [0.3, 0.4) is 0 Å². The van der Waals surface area contributed by atoms with Gasteiger partial charge in [0.2, 0.25) is 0 Å². The van der Waals surface area contributed by atoms with Gasteiger partial charge in [-0.15, -0.1) is 0 Å². The zero-order chi connectivity index (χ0) is 13.4. The summed E-state index contributed by atoms with van der Waals surface area (Å²) in [5, 5.41) is 8.24. The Hall–Kier alpha value is -0.340. The molecule has 0 bridgehead atoms. The van der Waals surface area contributed by atoms with Crippen molar-refractivity contribution < 1.29 is 26.7 Å². The SMILES string of the molecule is CC1C(C)S(=O)(=O)CCN1CC(O)C(F)(F)F. The van der Waals surface area contributed by atoms with Crippen molar-refractivity contribution in [2.45, 2.75) is 37.4 Å². The van der Waals surface area contributed by atoms with Gasteiger partial charge in [0, 0.05) is 19.1 Å². The summed E-state index contributed by atoms with van der Waals surface area (Å²) in [6.07, 6.45) is -7.10. The van der Waals surface area contributed by atoms with Crippen LogP contribution >= 0.6 is 0 Å². The van der Waals surface area contributed by atoms with Crippen molar-refractivity contribution in [1.29, 1.82) is 0 Å². The number of alkyl halides is 3. The van der Waals surface area contributed by atoms with Gasteiger partial charge in [-0.25, -0.2) is 8.42 Å². The minimum Gasteiger partial charge on any atom is -0.382 e. The molecule has 0 spiro atoms. The first-order chi connectivity index (χ1) is 7.55. The van der Waals surface area contributed by atoms with E-state index in [1.165, 1.54) is 11.8 Å². The van der Waals surface area contributed by atoms with Crippen molar-refractivity contribution in [2.75, 3.05) is 18.8 Å². The summed E-state index contributed by atoms with van der Waals surface area (Å²) in [5.41, 5.74) is 0. The van der Waals surface area contributed by atoms with Crippen molar-refractivity contribution in [2.24, 2.45) is 0 Å². The number of hydrogen-bond donors (Lipinski definition) is 1. The number of aliphatic hydroxyl groups excluding tert-OH is 1. The van der Waals surface area contributed by atoms with E-state index in [1.54, 1.807) is 6.92 Å². The molecular formula is C9H16F3NO3S.